The smallest absolute Gasteiger partial charge is 0.191 e. The van der Waals surface area contributed by atoms with Gasteiger partial charge in [0.2, 0.25) is 0 Å². The first kappa shape index (κ1) is 13.4. The van der Waals surface area contributed by atoms with Gasteiger partial charge < -0.3 is 9.88 Å². The van der Waals surface area contributed by atoms with Gasteiger partial charge in [0.15, 0.2) is 5.16 Å². The normalized spacial score (nSPS) is 23.9. The van der Waals surface area contributed by atoms with E-state index in [0.29, 0.717) is 0 Å². The number of hydrogen-bond acceptors (Lipinski definition) is 4. The zero-order chi connectivity index (χ0) is 12.9. The molecule has 106 valence electrons. The summed E-state index contributed by atoms with van der Waals surface area (Å²) in [5.74, 6) is 2.37. The number of hydrogen-bond donors (Lipinski definition) is 1. The molecule has 1 aromatic heterocycles. The molecule has 0 spiro atoms. The van der Waals surface area contributed by atoms with Crippen LogP contribution in [0.3, 0.4) is 0 Å². The van der Waals surface area contributed by atoms with Crippen molar-refractivity contribution < 1.29 is 0 Å². The second-order valence-corrected chi connectivity index (χ2v) is 6.71. The Labute approximate surface area is 119 Å². The van der Waals surface area contributed by atoms with Crippen LogP contribution in [-0.2, 0) is 13.0 Å². The van der Waals surface area contributed by atoms with Crippen LogP contribution < -0.4 is 5.32 Å². The molecular formula is C14H24N4S. The van der Waals surface area contributed by atoms with Crippen LogP contribution in [0.15, 0.2) is 5.16 Å². The highest BCUT2D eigenvalue weighted by molar-refractivity contribution is 7.99. The van der Waals surface area contributed by atoms with Gasteiger partial charge in [0.1, 0.15) is 5.82 Å². The number of fused-ring (bicyclic) bond motifs is 1. The molecule has 19 heavy (non-hydrogen) atoms. The molecule has 0 bridgehead atoms. The van der Waals surface area contributed by atoms with Crippen LogP contribution in [0.2, 0.25) is 0 Å². The first-order valence-corrected chi connectivity index (χ1v) is 8.70. The Kier molecular flexibility index (Phi) is 4.77. The van der Waals surface area contributed by atoms with Gasteiger partial charge in [-0.05, 0) is 38.6 Å². The number of aryl methyl sites for hydroxylation is 1. The van der Waals surface area contributed by atoms with Gasteiger partial charge >= 0.3 is 0 Å². The van der Waals surface area contributed by atoms with E-state index in [4.69, 9.17) is 0 Å². The maximum absolute atomic E-state index is 4.38. The molecule has 0 aliphatic carbocycles. The van der Waals surface area contributed by atoms with Crippen molar-refractivity contribution >= 4 is 11.8 Å². The zero-order valence-electron chi connectivity index (χ0n) is 11.6. The van der Waals surface area contributed by atoms with Crippen LogP contribution in [0.1, 0.15) is 50.8 Å². The van der Waals surface area contributed by atoms with Crippen LogP contribution >= 0.6 is 11.8 Å². The molecular weight excluding hydrogens is 256 g/mol. The molecule has 0 amide bonds. The highest BCUT2D eigenvalue weighted by atomic mass is 32.2. The summed E-state index contributed by atoms with van der Waals surface area (Å²) in [6.07, 6.45) is 10.3. The predicted octanol–water partition coefficient (Wildman–Crippen LogP) is 2.63. The summed E-state index contributed by atoms with van der Waals surface area (Å²) in [7, 11) is 0. The van der Waals surface area contributed by atoms with Gasteiger partial charge in [-0.15, -0.1) is 10.2 Å². The first-order chi connectivity index (χ1) is 9.43. The Bertz CT molecular complexity index is 398. The summed E-state index contributed by atoms with van der Waals surface area (Å²) in [4.78, 5) is 0. The number of rotatable bonds is 4. The molecule has 1 aromatic rings. The fourth-order valence-corrected chi connectivity index (χ4v) is 4.06. The van der Waals surface area contributed by atoms with Gasteiger partial charge in [-0.2, -0.15) is 0 Å². The van der Waals surface area contributed by atoms with E-state index in [1.54, 1.807) is 0 Å². The second kappa shape index (κ2) is 6.75. The van der Waals surface area contributed by atoms with E-state index >= 15 is 0 Å². The molecule has 2 aliphatic rings. The van der Waals surface area contributed by atoms with Gasteiger partial charge in [0.05, 0.1) is 0 Å². The van der Waals surface area contributed by atoms with Crippen molar-refractivity contribution in [2.75, 3.05) is 12.3 Å². The average Bonchev–Trinajstić information content (AvgIpc) is 2.69. The standard InChI is InChI=1S/C14H24N4S/c1-2-7-13-16-17-14(18(13)10-5-1)19-11-8-12-6-3-4-9-15-12/h12,15H,1-11H2. The zero-order valence-corrected chi connectivity index (χ0v) is 12.4. The molecule has 0 saturated carbocycles. The Balaban J connectivity index is 1.51. The third-order valence-corrected chi connectivity index (χ3v) is 5.19. The van der Waals surface area contributed by atoms with Crippen LogP contribution in [0, 0.1) is 0 Å². The molecule has 0 radical (unpaired) electrons. The topological polar surface area (TPSA) is 42.7 Å². The van der Waals surface area contributed by atoms with E-state index in [2.05, 4.69) is 20.1 Å². The number of nitrogens with zero attached hydrogens (tertiary/aromatic N) is 3. The van der Waals surface area contributed by atoms with Crippen molar-refractivity contribution in [3.63, 3.8) is 0 Å². The molecule has 1 saturated heterocycles. The van der Waals surface area contributed by atoms with Gasteiger partial charge in [-0.3, -0.25) is 0 Å². The lowest BCUT2D eigenvalue weighted by Crippen LogP contribution is -2.34. The molecule has 2 aliphatic heterocycles. The largest absolute Gasteiger partial charge is 0.314 e. The Hall–Kier alpha value is -0.550. The highest BCUT2D eigenvalue weighted by Crippen LogP contribution is 2.23. The van der Waals surface area contributed by atoms with Crippen molar-refractivity contribution in [2.24, 2.45) is 0 Å². The van der Waals surface area contributed by atoms with Gasteiger partial charge in [0.25, 0.3) is 0 Å². The minimum Gasteiger partial charge on any atom is -0.314 e. The quantitative estimate of drug-likeness (QED) is 0.861. The van der Waals surface area contributed by atoms with E-state index in [1.165, 1.54) is 57.3 Å². The Morgan fingerprint density at radius 2 is 2.16 bits per heavy atom. The lowest BCUT2D eigenvalue weighted by molar-refractivity contribution is 0.394. The monoisotopic (exact) mass is 280 g/mol. The fourth-order valence-electron chi connectivity index (χ4n) is 3.03. The van der Waals surface area contributed by atoms with Gasteiger partial charge in [-0.25, -0.2) is 0 Å². The molecule has 0 aromatic carbocycles. The summed E-state index contributed by atoms with van der Waals surface area (Å²) in [6.45, 7) is 2.32. The Morgan fingerprint density at radius 3 is 3.05 bits per heavy atom. The average molecular weight is 280 g/mol. The van der Waals surface area contributed by atoms with E-state index in [-0.39, 0.29) is 0 Å². The van der Waals surface area contributed by atoms with Crippen molar-refractivity contribution in [3.8, 4) is 0 Å². The second-order valence-electron chi connectivity index (χ2n) is 5.65. The third kappa shape index (κ3) is 3.51. The van der Waals surface area contributed by atoms with Gasteiger partial charge in [-0.1, -0.05) is 24.6 Å². The summed E-state index contributed by atoms with van der Waals surface area (Å²) in [5, 5.41) is 13.5. The maximum atomic E-state index is 4.38. The molecule has 1 unspecified atom stereocenters. The van der Waals surface area contributed by atoms with Crippen molar-refractivity contribution in [1.82, 2.24) is 20.1 Å². The fraction of sp³-hybridized carbons (Fsp3) is 0.857. The van der Waals surface area contributed by atoms with Crippen LogP contribution in [0.5, 0.6) is 0 Å². The number of nitrogens with one attached hydrogen (secondary N) is 1. The van der Waals surface area contributed by atoms with Crippen molar-refractivity contribution in [2.45, 2.75) is 69.1 Å². The lowest BCUT2D eigenvalue weighted by Gasteiger charge is -2.23. The molecule has 5 heteroatoms. The summed E-state index contributed by atoms with van der Waals surface area (Å²) in [6, 6.07) is 0.729. The van der Waals surface area contributed by atoms with E-state index in [0.717, 1.165) is 29.9 Å². The first-order valence-electron chi connectivity index (χ1n) is 7.72. The summed E-state index contributed by atoms with van der Waals surface area (Å²) >= 11 is 1.89. The van der Waals surface area contributed by atoms with Crippen molar-refractivity contribution in [3.05, 3.63) is 5.82 Å². The SMILES string of the molecule is C1CCc2nnc(SCCC3CCCCN3)n2CC1. The Morgan fingerprint density at radius 1 is 1.16 bits per heavy atom. The number of piperidine rings is 1. The molecule has 1 atom stereocenters. The van der Waals surface area contributed by atoms with E-state index in [1.807, 2.05) is 11.8 Å². The number of aromatic nitrogens is 3. The number of thioether (sulfide) groups is 1. The van der Waals surface area contributed by atoms with Crippen LogP contribution in [0.4, 0.5) is 0 Å². The van der Waals surface area contributed by atoms with E-state index in [9.17, 15) is 0 Å². The molecule has 4 nitrogen and oxygen atoms in total. The molecule has 1 N–H and O–H groups in total. The minimum atomic E-state index is 0.729. The molecule has 1 fully saturated rings. The highest BCUT2D eigenvalue weighted by Gasteiger charge is 2.16. The van der Waals surface area contributed by atoms with Crippen LogP contribution in [0.25, 0.3) is 0 Å². The lowest BCUT2D eigenvalue weighted by atomic mass is 10.0. The minimum absolute atomic E-state index is 0.729. The molecule has 3 heterocycles. The third-order valence-electron chi connectivity index (χ3n) is 4.19. The maximum Gasteiger partial charge on any atom is 0.191 e. The molecule has 3 rings (SSSR count). The summed E-state index contributed by atoms with van der Waals surface area (Å²) in [5.41, 5.74) is 0. The van der Waals surface area contributed by atoms with Crippen molar-refractivity contribution in [1.29, 1.82) is 0 Å². The van der Waals surface area contributed by atoms with E-state index < -0.39 is 0 Å². The van der Waals surface area contributed by atoms with Crippen LogP contribution in [-0.4, -0.2) is 33.1 Å². The predicted molar refractivity (Wildman–Crippen MR) is 78.6 cm³/mol. The van der Waals surface area contributed by atoms with Gasteiger partial charge in [0, 0.05) is 24.8 Å². The summed E-state index contributed by atoms with van der Waals surface area (Å²) < 4.78 is 2.35.